The van der Waals surface area contributed by atoms with E-state index < -0.39 is 22.5 Å². The fourth-order valence-corrected chi connectivity index (χ4v) is 6.16. The van der Waals surface area contributed by atoms with Gasteiger partial charge in [-0.05, 0) is 67.8 Å². The Morgan fingerprint density at radius 2 is 1.39 bits per heavy atom. The minimum Gasteiger partial charge on any atom is -0.325 e. The van der Waals surface area contributed by atoms with E-state index in [4.69, 9.17) is 34.8 Å². The lowest BCUT2D eigenvalue weighted by atomic mass is 10.1. The van der Waals surface area contributed by atoms with Crippen molar-refractivity contribution in [2.45, 2.75) is 32.2 Å². The molecule has 0 unspecified atom stereocenters. The summed E-state index contributed by atoms with van der Waals surface area (Å²) in [6.45, 7) is 5.01. The highest BCUT2D eigenvalue weighted by Crippen LogP contribution is 2.27. The van der Waals surface area contributed by atoms with Gasteiger partial charge in [0.2, 0.25) is 15.9 Å². The molecule has 9 heteroatoms. The molecule has 5 nitrogen and oxygen atoms in total. The van der Waals surface area contributed by atoms with Crippen molar-refractivity contribution in [3.63, 3.8) is 0 Å². The van der Waals surface area contributed by atoms with Gasteiger partial charge in [0.25, 0.3) is 0 Å². The van der Waals surface area contributed by atoms with Gasteiger partial charge in [-0.1, -0.05) is 64.6 Å². The molecule has 0 aliphatic heterocycles. The zero-order chi connectivity index (χ0) is 24.3. The molecule has 0 atom stereocenters. The Balaban J connectivity index is 1.97. The maximum absolute atomic E-state index is 13.7. The molecule has 0 spiro atoms. The fourth-order valence-electron chi connectivity index (χ4n) is 3.71. The summed E-state index contributed by atoms with van der Waals surface area (Å²) in [6, 6.07) is 15.1. The van der Waals surface area contributed by atoms with E-state index in [1.54, 1.807) is 44.2 Å². The number of amides is 1. The molecule has 3 aromatic carbocycles. The van der Waals surface area contributed by atoms with Crippen LogP contribution < -0.4 is 5.32 Å². The van der Waals surface area contributed by atoms with Gasteiger partial charge in [-0.25, -0.2) is 8.42 Å². The third kappa shape index (κ3) is 6.49. The molecule has 0 saturated carbocycles. The number of nitrogens with one attached hydrogen (secondary N) is 1. The van der Waals surface area contributed by atoms with E-state index in [1.807, 2.05) is 19.1 Å². The molecule has 0 fully saturated rings. The molecular formula is C24H23Cl3N2O3S. The van der Waals surface area contributed by atoms with E-state index in [0.717, 1.165) is 9.87 Å². The number of rotatable bonds is 7. The van der Waals surface area contributed by atoms with Crippen LogP contribution in [0.4, 0.5) is 5.69 Å². The average Bonchev–Trinajstić information content (AvgIpc) is 2.67. The average molecular weight is 526 g/mol. The number of hydrogen-bond acceptors (Lipinski definition) is 3. The lowest BCUT2D eigenvalue weighted by Crippen LogP contribution is -2.38. The Morgan fingerprint density at radius 1 is 0.848 bits per heavy atom. The van der Waals surface area contributed by atoms with Crippen molar-refractivity contribution in [2.24, 2.45) is 0 Å². The van der Waals surface area contributed by atoms with E-state index in [1.165, 1.54) is 12.1 Å². The van der Waals surface area contributed by atoms with Gasteiger partial charge in [0.15, 0.2) is 0 Å². The number of carbonyl (C=O) groups excluding carboxylic acids is 1. The summed E-state index contributed by atoms with van der Waals surface area (Å²) in [6.07, 6.45) is 0. The molecule has 0 bridgehead atoms. The van der Waals surface area contributed by atoms with Gasteiger partial charge in [-0.3, -0.25) is 4.79 Å². The lowest BCUT2D eigenvalue weighted by molar-refractivity contribution is -0.116. The standard InChI is InChI=1S/C24H23Cl3N2O3S/c1-15-8-16(2)24(17(3)9-15)33(31,32)29(13-18-4-6-19(25)7-5-18)14-23(30)28-22-11-20(26)10-21(27)12-22/h4-12H,13-14H2,1-3H3,(H,28,30). The number of anilines is 1. The minimum absolute atomic E-state index is 0.00399. The molecule has 0 aromatic heterocycles. The zero-order valence-corrected chi connectivity index (χ0v) is 21.4. The molecule has 0 saturated heterocycles. The van der Waals surface area contributed by atoms with E-state index >= 15 is 0 Å². The van der Waals surface area contributed by atoms with Crippen LogP contribution in [0.15, 0.2) is 59.5 Å². The summed E-state index contributed by atoms with van der Waals surface area (Å²) in [5.74, 6) is -0.520. The Bertz CT molecular complexity index is 1250. The first kappa shape index (κ1) is 25.5. The number of sulfonamides is 1. The first-order chi connectivity index (χ1) is 15.5. The van der Waals surface area contributed by atoms with Crippen molar-refractivity contribution in [3.8, 4) is 0 Å². The highest BCUT2D eigenvalue weighted by atomic mass is 35.5. The molecule has 1 amide bonds. The predicted octanol–water partition coefficient (Wildman–Crippen LogP) is 6.40. The molecule has 0 aliphatic carbocycles. The Labute approximate surface area is 209 Å². The smallest absolute Gasteiger partial charge is 0.244 e. The number of carbonyl (C=O) groups is 1. The molecule has 174 valence electrons. The van der Waals surface area contributed by atoms with Gasteiger partial charge in [0.1, 0.15) is 0 Å². The maximum atomic E-state index is 13.7. The van der Waals surface area contributed by atoms with Crippen molar-refractivity contribution in [1.82, 2.24) is 4.31 Å². The summed E-state index contributed by atoms with van der Waals surface area (Å²) in [5.41, 5.74) is 3.28. The topological polar surface area (TPSA) is 66.5 Å². The Morgan fingerprint density at radius 3 is 1.94 bits per heavy atom. The van der Waals surface area contributed by atoms with Crippen LogP contribution in [0, 0.1) is 20.8 Å². The van der Waals surface area contributed by atoms with Crippen LogP contribution in [-0.2, 0) is 21.4 Å². The Hall–Kier alpha value is -2.09. The van der Waals surface area contributed by atoms with Crippen LogP contribution in [-0.4, -0.2) is 25.2 Å². The summed E-state index contributed by atoms with van der Waals surface area (Å²) in [4.78, 5) is 13.1. The molecule has 1 N–H and O–H groups in total. The van der Waals surface area contributed by atoms with Gasteiger partial charge >= 0.3 is 0 Å². The maximum Gasteiger partial charge on any atom is 0.244 e. The largest absolute Gasteiger partial charge is 0.325 e. The SMILES string of the molecule is Cc1cc(C)c(S(=O)(=O)N(CC(=O)Nc2cc(Cl)cc(Cl)c2)Cc2ccc(Cl)cc2)c(C)c1. The van der Waals surface area contributed by atoms with E-state index in [0.29, 0.717) is 37.4 Å². The monoisotopic (exact) mass is 524 g/mol. The van der Waals surface area contributed by atoms with Crippen molar-refractivity contribution in [3.05, 3.63) is 91.9 Å². The number of benzene rings is 3. The van der Waals surface area contributed by atoms with Crippen molar-refractivity contribution in [2.75, 3.05) is 11.9 Å². The van der Waals surface area contributed by atoms with Gasteiger partial charge in [0, 0.05) is 27.3 Å². The molecule has 33 heavy (non-hydrogen) atoms. The fraction of sp³-hybridized carbons (Fsp3) is 0.208. The van der Waals surface area contributed by atoms with Gasteiger partial charge in [0.05, 0.1) is 11.4 Å². The molecule has 3 aromatic rings. The minimum atomic E-state index is -4.00. The van der Waals surface area contributed by atoms with Gasteiger partial charge in [-0.2, -0.15) is 4.31 Å². The van der Waals surface area contributed by atoms with E-state index in [9.17, 15) is 13.2 Å². The van der Waals surface area contributed by atoms with Crippen molar-refractivity contribution < 1.29 is 13.2 Å². The molecule has 0 radical (unpaired) electrons. The Kier molecular flexibility index (Phi) is 8.08. The predicted molar refractivity (Wildman–Crippen MR) is 135 cm³/mol. The van der Waals surface area contributed by atoms with Crippen LogP contribution >= 0.6 is 34.8 Å². The van der Waals surface area contributed by atoms with Crippen LogP contribution in [0.3, 0.4) is 0 Å². The molecule has 0 heterocycles. The second kappa shape index (κ2) is 10.5. The third-order valence-electron chi connectivity index (χ3n) is 4.94. The number of halogens is 3. The van der Waals surface area contributed by atoms with Gasteiger partial charge in [-0.15, -0.1) is 0 Å². The number of aryl methyl sites for hydroxylation is 3. The van der Waals surface area contributed by atoms with Crippen LogP contribution in [0.2, 0.25) is 15.1 Å². The zero-order valence-electron chi connectivity index (χ0n) is 18.3. The summed E-state index contributed by atoms with van der Waals surface area (Å²) in [7, 11) is -4.00. The van der Waals surface area contributed by atoms with Crippen LogP contribution in [0.5, 0.6) is 0 Å². The second-order valence-electron chi connectivity index (χ2n) is 7.83. The first-order valence-corrected chi connectivity index (χ1v) is 12.6. The highest BCUT2D eigenvalue weighted by molar-refractivity contribution is 7.89. The summed E-state index contributed by atoms with van der Waals surface area (Å²) < 4.78 is 28.6. The third-order valence-corrected chi connectivity index (χ3v) is 7.73. The normalized spacial score (nSPS) is 11.6. The van der Waals surface area contributed by atoms with Crippen molar-refractivity contribution >= 4 is 56.4 Å². The second-order valence-corrected chi connectivity index (χ2v) is 11.0. The van der Waals surface area contributed by atoms with E-state index in [2.05, 4.69) is 5.32 Å². The lowest BCUT2D eigenvalue weighted by Gasteiger charge is -2.24. The highest BCUT2D eigenvalue weighted by Gasteiger charge is 2.30. The van der Waals surface area contributed by atoms with Crippen LogP contribution in [0.25, 0.3) is 0 Å². The van der Waals surface area contributed by atoms with E-state index in [-0.39, 0.29) is 11.4 Å². The summed E-state index contributed by atoms with van der Waals surface area (Å²) in [5, 5.41) is 3.92. The number of nitrogens with zero attached hydrogens (tertiary/aromatic N) is 1. The number of hydrogen-bond donors (Lipinski definition) is 1. The van der Waals surface area contributed by atoms with Crippen molar-refractivity contribution in [1.29, 1.82) is 0 Å². The molecule has 0 aliphatic rings. The van der Waals surface area contributed by atoms with Gasteiger partial charge < -0.3 is 5.32 Å². The first-order valence-electron chi connectivity index (χ1n) is 10.0. The van der Waals surface area contributed by atoms with Crippen LogP contribution in [0.1, 0.15) is 22.3 Å². The molecule has 3 rings (SSSR count). The summed E-state index contributed by atoms with van der Waals surface area (Å²) >= 11 is 18.0. The molecular weight excluding hydrogens is 503 g/mol. The quantitative estimate of drug-likeness (QED) is 0.388.